The number of allylic oxidation sites excluding steroid dienone is 4. The third kappa shape index (κ3) is 1.74. The van der Waals surface area contributed by atoms with Crippen LogP contribution in [0.4, 0.5) is 0 Å². The highest BCUT2D eigenvalue weighted by Crippen LogP contribution is 2.40. The van der Waals surface area contributed by atoms with E-state index in [1.807, 2.05) is 12.1 Å². The molecule has 0 fully saturated rings. The van der Waals surface area contributed by atoms with Gasteiger partial charge in [-0.2, -0.15) is 0 Å². The van der Waals surface area contributed by atoms with Crippen LogP contribution in [-0.2, 0) is 5.41 Å². The Morgan fingerprint density at radius 3 is 2.53 bits per heavy atom. The summed E-state index contributed by atoms with van der Waals surface area (Å²) >= 11 is 6.19. The van der Waals surface area contributed by atoms with Crippen LogP contribution in [0, 0.1) is 0 Å². The van der Waals surface area contributed by atoms with Gasteiger partial charge >= 0.3 is 0 Å². The summed E-state index contributed by atoms with van der Waals surface area (Å²) in [5.41, 5.74) is 2.66. The van der Waals surface area contributed by atoms with Crippen LogP contribution in [-0.4, -0.2) is 0 Å². The molecule has 1 unspecified atom stereocenters. The average molecular weight is 219 g/mol. The molecule has 0 spiro atoms. The van der Waals surface area contributed by atoms with Crippen LogP contribution >= 0.6 is 11.6 Å². The van der Waals surface area contributed by atoms with Gasteiger partial charge in [-0.3, -0.25) is 0 Å². The fourth-order valence-electron chi connectivity index (χ4n) is 2.08. The highest BCUT2D eigenvalue weighted by molar-refractivity contribution is 6.31. The van der Waals surface area contributed by atoms with Crippen molar-refractivity contribution in [3.05, 3.63) is 58.7 Å². The van der Waals surface area contributed by atoms with Gasteiger partial charge in [-0.1, -0.05) is 54.9 Å². The molecule has 0 heterocycles. The average Bonchev–Trinajstić information content (AvgIpc) is 2.27. The second-order valence-electron chi connectivity index (χ2n) is 4.28. The summed E-state index contributed by atoms with van der Waals surface area (Å²) in [7, 11) is 0. The van der Waals surface area contributed by atoms with Gasteiger partial charge in [0.25, 0.3) is 0 Å². The Kier molecular flexibility index (Phi) is 2.70. The topological polar surface area (TPSA) is 0 Å². The molecule has 1 heteroatoms. The SMILES string of the molecule is CC1=C(Cl)C=CCC1(C)c1ccccc1. The van der Waals surface area contributed by atoms with E-state index in [4.69, 9.17) is 11.6 Å². The summed E-state index contributed by atoms with van der Waals surface area (Å²) < 4.78 is 0. The molecule has 0 nitrogen and oxygen atoms in total. The monoisotopic (exact) mass is 218 g/mol. The Labute approximate surface area is 96.3 Å². The Morgan fingerprint density at radius 2 is 1.87 bits per heavy atom. The number of halogens is 1. The van der Waals surface area contributed by atoms with Gasteiger partial charge in [0.15, 0.2) is 0 Å². The van der Waals surface area contributed by atoms with E-state index >= 15 is 0 Å². The van der Waals surface area contributed by atoms with Crippen LogP contribution in [0.15, 0.2) is 53.1 Å². The van der Waals surface area contributed by atoms with Gasteiger partial charge in [0.1, 0.15) is 0 Å². The van der Waals surface area contributed by atoms with Gasteiger partial charge in [0.05, 0.1) is 0 Å². The first kappa shape index (κ1) is 10.5. The zero-order chi connectivity index (χ0) is 10.9. The molecule has 78 valence electrons. The van der Waals surface area contributed by atoms with Gasteiger partial charge in [-0.15, -0.1) is 0 Å². The zero-order valence-corrected chi connectivity index (χ0v) is 9.88. The summed E-state index contributed by atoms with van der Waals surface area (Å²) in [6.07, 6.45) is 5.18. The molecule has 1 aliphatic carbocycles. The lowest BCUT2D eigenvalue weighted by atomic mass is 9.72. The molecule has 0 aliphatic heterocycles. The summed E-state index contributed by atoms with van der Waals surface area (Å²) in [4.78, 5) is 0. The van der Waals surface area contributed by atoms with Crippen LogP contribution in [0.3, 0.4) is 0 Å². The first-order valence-electron chi connectivity index (χ1n) is 5.23. The molecular weight excluding hydrogens is 204 g/mol. The van der Waals surface area contributed by atoms with Crippen molar-refractivity contribution in [2.24, 2.45) is 0 Å². The Hall–Kier alpha value is -1.01. The third-order valence-electron chi connectivity index (χ3n) is 3.39. The first-order chi connectivity index (χ1) is 7.14. The molecule has 1 aromatic carbocycles. The molecule has 0 N–H and O–H groups in total. The van der Waals surface area contributed by atoms with Gasteiger partial charge in [0.2, 0.25) is 0 Å². The highest BCUT2D eigenvalue weighted by atomic mass is 35.5. The highest BCUT2D eigenvalue weighted by Gasteiger charge is 2.30. The summed E-state index contributed by atoms with van der Waals surface area (Å²) in [5.74, 6) is 0. The van der Waals surface area contributed by atoms with Crippen LogP contribution < -0.4 is 0 Å². The van der Waals surface area contributed by atoms with Crippen LogP contribution in [0.1, 0.15) is 25.8 Å². The maximum absolute atomic E-state index is 6.19. The predicted octanol–water partition coefficient (Wildman–Crippen LogP) is 4.42. The Bertz CT molecular complexity index is 414. The summed E-state index contributed by atoms with van der Waals surface area (Å²) in [6, 6.07) is 10.6. The van der Waals surface area contributed by atoms with Crippen molar-refractivity contribution in [2.45, 2.75) is 25.7 Å². The van der Waals surface area contributed by atoms with E-state index in [0.29, 0.717) is 0 Å². The Balaban J connectivity index is 2.49. The molecule has 1 atom stereocenters. The van der Waals surface area contributed by atoms with E-state index in [1.165, 1.54) is 11.1 Å². The van der Waals surface area contributed by atoms with Crippen LogP contribution in [0.5, 0.6) is 0 Å². The molecule has 0 amide bonds. The molecule has 0 saturated carbocycles. The molecule has 15 heavy (non-hydrogen) atoms. The van der Waals surface area contributed by atoms with Crippen molar-refractivity contribution < 1.29 is 0 Å². The van der Waals surface area contributed by atoms with Crippen molar-refractivity contribution in [2.75, 3.05) is 0 Å². The van der Waals surface area contributed by atoms with Crippen LogP contribution in [0.2, 0.25) is 0 Å². The van der Waals surface area contributed by atoms with Crippen molar-refractivity contribution in [1.29, 1.82) is 0 Å². The lowest BCUT2D eigenvalue weighted by molar-refractivity contribution is 0.558. The minimum atomic E-state index is 0.0626. The number of rotatable bonds is 1. The van der Waals surface area contributed by atoms with Crippen molar-refractivity contribution in [3.63, 3.8) is 0 Å². The lowest BCUT2D eigenvalue weighted by Crippen LogP contribution is -2.25. The van der Waals surface area contributed by atoms with Crippen molar-refractivity contribution in [3.8, 4) is 0 Å². The van der Waals surface area contributed by atoms with Crippen molar-refractivity contribution in [1.82, 2.24) is 0 Å². The second kappa shape index (κ2) is 3.86. The maximum atomic E-state index is 6.19. The van der Waals surface area contributed by atoms with E-state index in [9.17, 15) is 0 Å². The largest absolute Gasteiger partial charge is 0.0844 e. The molecule has 0 radical (unpaired) electrons. The minimum absolute atomic E-state index is 0.0626. The molecule has 0 aromatic heterocycles. The summed E-state index contributed by atoms with van der Waals surface area (Å²) in [6.45, 7) is 4.38. The van der Waals surface area contributed by atoms with Crippen LogP contribution in [0.25, 0.3) is 0 Å². The number of hydrogen-bond donors (Lipinski definition) is 0. The predicted molar refractivity (Wildman–Crippen MR) is 66.1 cm³/mol. The molecule has 1 aromatic rings. The standard InChI is InChI=1S/C14H15Cl/c1-11-13(15)9-6-10-14(11,2)12-7-4-3-5-8-12/h3-9H,10H2,1-2H3. The second-order valence-corrected chi connectivity index (χ2v) is 4.68. The fraction of sp³-hybridized carbons (Fsp3) is 0.286. The minimum Gasteiger partial charge on any atom is -0.0844 e. The summed E-state index contributed by atoms with van der Waals surface area (Å²) in [5, 5.41) is 0.882. The van der Waals surface area contributed by atoms with Gasteiger partial charge in [-0.05, 0) is 30.6 Å². The normalized spacial score (nSPS) is 25.8. The lowest BCUT2D eigenvalue weighted by Gasteiger charge is -2.33. The quantitative estimate of drug-likeness (QED) is 0.655. The number of hydrogen-bond acceptors (Lipinski definition) is 0. The first-order valence-corrected chi connectivity index (χ1v) is 5.61. The third-order valence-corrected chi connectivity index (χ3v) is 3.80. The fourth-order valence-corrected chi connectivity index (χ4v) is 2.38. The van der Waals surface area contributed by atoms with Gasteiger partial charge in [-0.25, -0.2) is 0 Å². The molecule has 2 rings (SSSR count). The number of benzene rings is 1. The van der Waals surface area contributed by atoms with Gasteiger partial charge < -0.3 is 0 Å². The molecule has 0 bridgehead atoms. The molecule has 0 saturated heterocycles. The van der Waals surface area contributed by atoms with E-state index in [1.54, 1.807) is 0 Å². The van der Waals surface area contributed by atoms with Gasteiger partial charge in [0, 0.05) is 10.4 Å². The zero-order valence-electron chi connectivity index (χ0n) is 9.13. The molecular formula is C14H15Cl. The van der Waals surface area contributed by atoms with E-state index in [-0.39, 0.29) is 5.41 Å². The van der Waals surface area contributed by atoms with E-state index in [0.717, 1.165) is 11.5 Å². The maximum Gasteiger partial charge on any atom is 0.0401 e. The Morgan fingerprint density at radius 1 is 1.20 bits per heavy atom. The smallest absolute Gasteiger partial charge is 0.0401 e. The van der Waals surface area contributed by atoms with E-state index < -0.39 is 0 Å². The van der Waals surface area contributed by atoms with E-state index in [2.05, 4.69) is 44.2 Å². The van der Waals surface area contributed by atoms with Crippen molar-refractivity contribution >= 4 is 11.6 Å². The molecule has 1 aliphatic rings.